The average molecular weight is 265 g/mol. The van der Waals surface area contributed by atoms with Crippen LogP contribution in [0.5, 0.6) is 0 Å². The van der Waals surface area contributed by atoms with Crippen LogP contribution in [0.15, 0.2) is 24.3 Å². The van der Waals surface area contributed by atoms with Crippen LogP contribution >= 0.6 is 22.9 Å². The van der Waals surface area contributed by atoms with Gasteiger partial charge in [-0.2, -0.15) is 0 Å². The number of benzene rings is 1. The largest absolute Gasteiger partial charge is 0.144 e. The fourth-order valence-electron chi connectivity index (χ4n) is 2.32. The number of rotatable bonds is 2. The van der Waals surface area contributed by atoms with Crippen LogP contribution < -0.4 is 0 Å². The summed E-state index contributed by atoms with van der Waals surface area (Å²) in [6, 6.07) is 8.68. The summed E-state index contributed by atoms with van der Waals surface area (Å²) in [5, 5.41) is -0.0192. The minimum Gasteiger partial charge on any atom is -0.144 e. The van der Waals surface area contributed by atoms with Crippen LogP contribution in [0.3, 0.4) is 0 Å². The minimum absolute atomic E-state index is 0.0192. The maximum Gasteiger partial charge on any atom is 0.0932 e. The lowest BCUT2D eigenvalue weighted by atomic mass is 9.96. The van der Waals surface area contributed by atoms with E-state index in [9.17, 15) is 0 Å². The SMILES string of the molecule is Cc1cc(C)c(C(Cl)c2ccc(C)s2)c(C)c1. The van der Waals surface area contributed by atoms with Crippen LogP contribution in [0.1, 0.15) is 37.4 Å². The van der Waals surface area contributed by atoms with Crippen LogP contribution in [0.4, 0.5) is 0 Å². The zero-order valence-electron chi connectivity index (χ0n) is 10.7. The Balaban J connectivity index is 2.47. The van der Waals surface area contributed by atoms with Gasteiger partial charge in [0.25, 0.3) is 0 Å². The molecule has 0 spiro atoms. The highest BCUT2D eigenvalue weighted by Gasteiger charge is 2.17. The Morgan fingerprint density at radius 3 is 2.06 bits per heavy atom. The summed E-state index contributed by atoms with van der Waals surface area (Å²) in [5.74, 6) is 0. The van der Waals surface area contributed by atoms with Gasteiger partial charge in [0.05, 0.1) is 5.38 Å². The maximum atomic E-state index is 6.62. The Kier molecular flexibility index (Phi) is 3.60. The van der Waals surface area contributed by atoms with Crippen molar-refractivity contribution < 1.29 is 0 Å². The zero-order chi connectivity index (χ0) is 12.6. The summed E-state index contributed by atoms with van der Waals surface area (Å²) >= 11 is 8.40. The standard InChI is InChI=1S/C15H17ClS/c1-9-7-10(2)14(11(3)8-9)15(16)13-6-5-12(4)17-13/h5-8,15H,1-4H3. The van der Waals surface area contributed by atoms with E-state index < -0.39 is 0 Å². The molecule has 17 heavy (non-hydrogen) atoms. The molecule has 1 heterocycles. The minimum atomic E-state index is -0.0192. The van der Waals surface area contributed by atoms with Crippen molar-refractivity contribution in [3.8, 4) is 0 Å². The van der Waals surface area contributed by atoms with E-state index in [0.29, 0.717) is 0 Å². The Bertz CT molecular complexity index is 517. The number of hydrogen-bond acceptors (Lipinski definition) is 1. The Labute approximate surface area is 112 Å². The summed E-state index contributed by atoms with van der Waals surface area (Å²) in [4.78, 5) is 2.55. The number of alkyl halides is 1. The molecule has 1 aromatic heterocycles. The highest BCUT2D eigenvalue weighted by atomic mass is 35.5. The molecule has 2 rings (SSSR count). The van der Waals surface area contributed by atoms with Crippen molar-refractivity contribution >= 4 is 22.9 Å². The van der Waals surface area contributed by atoms with Crippen molar-refractivity contribution in [3.63, 3.8) is 0 Å². The molecular formula is C15H17ClS. The molecule has 0 aliphatic heterocycles. The summed E-state index contributed by atoms with van der Waals surface area (Å²) < 4.78 is 0. The van der Waals surface area contributed by atoms with Crippen LogP contribution in [-0.2, 0) is 0 Å². The van der Waals surface area contributed by atoms with Gasteiger partial charge < -0.3 is 0 Å². The summed E-state index contributed by atoms with van der Waals surface area (Å²) in [6.45, 7) is 8.53. The van der Waals surface area contributed by atoms with Crippen molar-refractivity contribution in [2.45, 2.75) is 33.1 Å². The van der Waals surface area contributed by atoms with Gasteiger partial charge in [-0.05, 0) is 56.5 Å². The Hall–Kier alpha value is -0.790. The molecule has 0 amide bonds. The van der Waals surface area contributed by atoms with E-state index in [4.69, 9.17) is 11.6 Å². The van der Waals surface area contributed by atoms with Gasteiger partial charge in [-0.25, -0.2) is 0 Å². The molecule has 1 unspecified atom stereocenters. The molecule has 2 heteroatoms. The molecular weight excluding hydrogens is 248 g/mol. The maximum absolute atomic E-state index is 6.62. The highest BCUT2D eigenvalue weighted by molar-refractivity contribution is 7.12. The van der Waals surface area contributed by atoms with Gasteiger partial charge in [0.15, 0.2) is 0 Å². The van der Waals surface area contributed by atoms with E-state index in [-0.39, 0.29) is 5.38 Å². The molecule has 0 aliphatic carbocycles. The monoisotopic (exact) mass is 264 g/mol. The molecule has 2 aromatic rings. The number of aryl methyl sites for hydroxylation is 4. The molecule has 0 saturated carbocycles. The van der Waals surface area contributed by atoms with Gasteiger partial charge >= 0.3 is 0 Å². The number of thiophene rings is 1. The summed E-state index contributed by atoms with van der Waals surface area (Å²) in [7, 11) is 0. The summed E-state index contributed by atoms with van der Waals surface area (Å²) in [6.07, 6.45) is 0. The van der Waals surface area contributed by atoms with Crippen LogP contribution in [-0.4, -0.2) is 0 Å². The van der Waals surface area contributed by atoms with Crippen LogP contribution in [0.2, 0.25) is 0 Å². The van der Waals surface area contributed by atoms with Gasteiger partial charge in [-0.3, -0.25) is 0 Å². The molecule has 0 nitrogen and oxygen atoms in total. The molecule has 0 radical (unpaired) electrons. The number of halogens is 1. The number of hydrogen-bond donors (Lipinski definition) is 0. The first kappa shape index (κ1) is 12.7. The third-order valence-electron chi connectivity index (χ3n) is 3.00. The summed E-state index contributed by atoms with van der Waals surface area (Å²) in [5.41, 5.74) is 5.14. The molecule has 0 N–H and O–H groups in total. The lowest BCUT2D eigenvalue weighted by Crippen LogP contribution is -1.98. The van der Waals surface area contributed by atoms with Gasteiger partial charge in [0, 0.05) is 9.75 Å². The third-order valence-corrected chi connectivity index (χ3v) is 4.65. The van der Waals surface area contributed by atoms with Crippen LogP contribution in [0, 0.1) is 27.7 Å². The van der Waals surface area contributed by atoms with Crippen molar-refractivity contribution in [2.75, 3.05) is 0 Å². The van der Waals surface area contributed by atoms with Gasteiger partial charge in [0.1, 0.15) is 0 Å². The Morgan fingerprint density at radius 1 is 1.00 bits per heavy atom. The van der Waals surface area contributed by atoms with E-state index in [1.54, 1.807) is 11.3 Å². The molecule has 0 saturated heterocycles. The average Bonchev–Trinajstić information content (AvgIpc) is 2.63. The van der Waals surface area contributed by atoms with E-state index in [2.05, 4.69) is 52.0 Å². The van der Waals surface area contributed by atoms with Crippen molar-refractivity contribution in [1.82, 2.24) is 0 Å². The molecule has 1 aromatic carbocycles. The lowest BCUT2D eigenvalue weighted by Gasteiger charge is -2.15. The second kappa shape index (κ2) is 4.83. The molecule has 90 valence electrons. The molecule has 0 bridgehead atoms. The highest BCUT2D eigenvalue weighted by Crippen LogP contribution is 2.37. The molecule has 0 aliphatic rings. The zero-order valence-corrected chi connectivity index (χ0v) is 12.2. The van der Waals surface area contributed by atoms with Crippen LogP contribution in [0.25, 0.3) is 0 Å². The third kappa shape index (κ3) is 2.56. The lowest BCUT2D eigenvalue weighted by molar-refractivity contribution is 1.10. The van der Waals surface area contributed by atoms with Gasteiger partial charge in [-0.15, -0.1) is 22.9 Å². The first-order valence-electron chi connectivity index (χ1n) is 5.77. The van der Waals surface area contributed by atoms with Crippen molar-refractivity contribution in [2.24, 2.45) is 0 Å². The van der Waals surface area contributed by atoms with E-state index >= 15 is 0 Å². The van der Waals surface area contributed by atoms with Gasteiger partial charge in [-0.1, -0.05) is 17.7 Å². The first-order chi connectivity index (χ1) is 7.99. The predicted molar refractivity (Wildman–Crippen MR) is 77.4 cm³/mol. The Morgan fingerprint density at radius 2 is 1.59 bits per heavy atom. The van der Waals surface area contributed by atoms with E-state index in [1.807, 2.05) is 0 Å². The molecule has 1 atom stereocenters. The smallest absolute Gasteiger partial charge is 0.0932 e. The normalized spacial score (nSPS) is 12.8. The van der Waals surface area contributed by atoms with Gasteiger partial charge in [0.2, 0.25) is 0 Å². The predicted octanol–water partition coefficient (Wildman–Crippen LogP) is 5.31. The molecule has 0 fully saturated rings. The van der Waals surface area contributed by atoms with E-state index in [0.717, 1.165) is 0 Å². The topological polar surface area (TPSA) is 0 Å². The first-order valence-corrected chi connectivity index (χ1v) is 7.02. The second-order valence-corrected chi connectivity index (χ2v) is 6.38. The second-order valence-electron chi connectivity index (χ2n) is 4.62. The van der Waals surface area contributed by atoms with E-state index in [1.165, 1.54) is 32.0 Å². The van der Waals surface area contributed by atoms with Crippen molar-refractivity contribution in [1.29, 1.82) is 0 Å². The fourth-order valence-corrected chi connectivity index (χ4v) is 3.74. The van der Waals surface area contributed by atoms with Crippen molar-refractivity contribution in [3.05, 3.63) is 56.3 Å². The fraction of sp³-hybridized carbons (Fsp3) is 0.333. The quantitative estimate of drug-likeness (QED) is 0.645.